The predicted molar refractivity (Wildman–Crippen MR) is 132 cm³/mol. The van der Waals surface area contributed by atoms with E-state index in [9.17, 15) is 22.0 Å². The number of benzene rings is 3. The largest absolute Gasteiger partial charge is 0.493 e. The van der Waals surface area contributed by atoms with E-state index in [1.807, 2.05) is 0 Å². The van der Waals surface area contributed by atoms with Crippen LogP contribution in [0.15, 0.2) is 66.9 Å². The molecule has 0 unspecified atom stereocenters. The minimum atomic E-state index is -4.21. The number of hydrogen-bond donors (Lipinski definition) is 2. The van der Waals surface area contributed by atoms with Crippen molar-refractivity contribution >= 4 is 32.6 Å². The van der Waals surface area contributed by atoms with Gasteiger partial charge in [0.2, 0.25) is 10.0 Å². The number of carbonyl (C=O) groups excluding carboxylic acids is 1. The van der Waals surface area contributed by atoms with Crippen LogP contribution in [-0.4, -0.2) is 33.7 Å². The van der Waals surface area contributed by atoms with Crippen LogP contribution >= 0.6 is 0 Å². The van der Waals surface area contributed by atoms with Crippen LogP contribution in [0.2, 0.25) is 0 Å². The van der Waals surface area contributed by atoms with E-state index in [1.54, 1.807) is 22.9 Å². The van der Waals surface area contributed by atoms with Crippen LogP contribution in [0.4, 0.5) is 19.3 Å². The van der Waals surface area contributed by atoms with Crippen molar-refractivity contribution in [2.75, 3.05) is 19.5 Å². The molecule has 3 aromatic carbocycles. The van der Waals surface area contributed by atoms with Crippen molar-refractivity contribution in [2.24, 2.45) is 0 Å². The molecule has 12 heteroatoms. The molecular formula is C25H21F2N3O6S. The summed E-state index contributed by atoms with van der Waals surface area (Å²) in [6, 6.07) is 12.6. The maximum atomic E-state index is 14.8. The molecule has 4 rings (SSSR count). The Kier molecular flexibility index (Phi) is 7.39. The van der Waals surface area contributed by atoms with E-state index >= 15 is 0 Å². The fourth-order valence-electron chi connectivity index (χ4n) is 3.47. The van der Waals surface area contributed by atoms with Crippen LogP contribution in [-0.2, 0) is 15.8 Å². The number of carbonyl (C=O) groups is 1. The second-order valence-electron chi connectivity index (χ2n) is 7.69. The summed E-state index contributed by atoms with van der Waals surface area (Å²) in [6.07, 6.45) is 1.49. The number of anilines is 1. The van der Waals surface area contributed by atoms with Gasteiger partial charge >= 0.3 is 6.03 Å². The highest BCUT2D eigenvalue weighted by molar-refractivity contribution is 7.89. The Hall–Kier alpha value is -4.45. The number of halogens is 2. The van der Waals surface area contributed by atoms with Gasteiger partial charge in [-0.2, -0.15) is 0 Å². The van der Waals surface area contributed by atoms with Crippen molar-refractivity contribution in [3.05, 3.63) is 84.1 Å². The minimum Gasteiger partial charge on any atom is -0.493 e. The number of urea groups is 1. The quantitative estimate of drug-likeness (QED) is 0.331. The van der Waals surface area contributed by atoms with E-state index < -0.39 is 33.4 Å². The smallest absolute Gasteiger partial charge is 0.332 e. The summed E-state index contributed by atoms with van der Waals surface area (Å²) in [7, 11) is -1.24. The highest BCUT2D eigenvalue weighted by Crippen LogP contribution is 2.37. The van der Waals surface area contributed by atoms with Gasteiger partial charge in [0, 0.05) is 35.0 Å². The summed E-state index contributed by atoms with van der Waals surface area (Å²) in [6.45, 7) is 0. The number of methoxy groups -OCH3 is 2. The molecule has 192 valence electrons. The number of fused-ring (bicyclic) bond motifs is 1. The monoisotopic (exact) mass is 529 g/mol. The normalized spacial score (nSPS) is 11.1. The van der Waals surface area contributed by atoms with Gasteiger partial charge in [-0.1, -0.05) is 18.2 Å². The molecule has 0 fully saturated rings. The topological polar surface area (TPSA) is 116 Å². The number of ether oxygens (including phenoxy) is 3. The number of aromatic nitrogens is 1. The van der Waals surface area contributed by atoms with Crippen molar-refractivity contribution < 1.29 is 36.2 Å². The van der Waals surface area contributed by atoms with E-state index in [-0.39, 0.29) is 17.0 Å². The maximum absolute atomic E-state index is 14.8. The van der Waals surface area contributed by atoms with Crippen LogP contribution in [0, 0.1) is 11.6 Å². The molecule has 4 aromatic rings. The Balaban J connectivity index is 1.48. The Morgan fingerprint density at radius 3 is 2.32 bits per heavy atom. The van der Waals surface area contributed by atoms with Crippen LogP contribution in [0.1, 0.15) is 5.56 Å². The van der Waals surface area contributed by atoms with Crippen LogP contribution in [0.5, 0.6) is 23.0 Å². The molecule has 0 saturated carbocycles. The molecule has 0 atom stereocenters. The molecular weight excluding hydrogens is 508 g/mol. The first-order chi connectivity index (χ1) is 17.7. The van der Waals surface area contributed by atoms with Crippen molar-refractivity contribution in [1.29, 1.82) is 0 Å². The zero-order valence-corrected chi connectivity index (χ0v) is 20.4. The third kappa shape index (κ3) is 6.04. The average Bonchev–Trinajstić information content (AvgIpc) is 2.85. The average molecular weight is 530 g/mol. The third-order valence-corrected chi connectivity index (χ3v) is 6.36. The SMILES string of the molecule is COc1cc2nccc(Oc3ccc(NC(=O)NS(=O)(=O)Cc4ccccc4F)cc3F)c2cc1OC. The zero-order chi connectivity index (χ0) is 26.6. The van der Waals surface area contributed by atoms with Gasteiger partial charge < -0.3 is 19.5 Å². The summed E-state index contributed by atoms with van der Waals surface area (Å²) >= 11 is 0. The van der Waals surface area contributed by atoms with Crippen molar-refractivity contribution in [3.63, 3.8) is 0 Å². The molecule has 0 aliphatic carbocycles. The Morgan fingerprint density at radius 1 is 0.892 bits per heavy atom. The van der Waals surface area contributed by atoms with E-state index in [0.717, 1.165) is 12.1 Å². The fourth-order valence-corrected chi connectivity index (χ4v) is 4.52. The summed E-state index contributed by atoms with van der Waals surface area (Å²) in [5.41, 5.74) is 0.395. The molecule has 0 spiro atoms. The van der Waals surface area contributed by atoms with Gasteiger partial charge in [0.05, 0.1) is 25.5 Å². The highest BCUT2D eigenvalue weighted by atomic mass is 32.2. The highest BCUT2D eigenvalue weighted by Gasteiger charge is 2.19. The maximum Gasteiger partial charge on any atom is 0.332 e. The van der Waals surface area contributed by atoms with Crippen LogP contribution in [0.25, 0.3) is 10.9 Å². The lowest BCUT2D eigenvalue weighted by atomic mass is 10.2. The Labute approximate surface area is 211 Å². The first-order valence-corrected chi connectivity index (χ1v) is 12.4. The number of nitrogens with zero attached hydrogens (tertiary/aromatic N) is 1. The van der Waals surface area contributed by atoms with Gasteiger partial charge in [-0.3, -0.25) is 4.98 Å². The van der Waals surface area contributed by atoms with Crippen molar-refractivity contribution in [1.82, 2.24) is 9.71 Å². The standard InChI is InChI=1S/C25H21F2N3O6S/c1-34-23-12-17-20(13-24(23)35-2)28-10-9-21(17)36-22-8-7-16(11-19(22)27)29-25(31)30-37(32,33)14-15-5-3-4-6-18(15)26/h3-13H,14H2,1-2H3,(H2,29,30,31). The lowest BCUT2D eigenvalue weighted by Crippen LogP contribution is -2.35. The van der Waals surface area contributed by atoms with Gasteiger partial charge in [-0.25, -0.2) is 26.7 Å². The van der Waals surface area contributed by atoms with Crippen LogP contribution < -0.4 is 24.2 Å². The molecule has 0 radical (unpaired) electrons. The second kappa shape index (κ2) is 10.7. The van der Waals surface area contributed by atoms with Gasteiger partial charge in [-0.15, -0.1) is 0 Å². The number of sulfonamides is 1. The summed E-state index contributed by atoms with van der Waals surface area (Å²) < 4.78 is 71.1. The van der Waals surface area contributed by atoms with Crippen LogP contribution in [0.3, 0.4) is 0 Å². The number of pyridine rings is 1. The molecule has 0 aliphatic rings. The van der Waals surface area contributed by atoms with Crippen molar-refractivity contribution in [2.45, 2.75) is 5.75 Å². The van der Waals surface area contributed by atoms with Gasteiger partial charge in [0.1, 0.15) is 11.6 Å². The number of hydrogen-bond acceptors (Lipinski definition) is 7. The second-order valence-corrected chi connectivity index (χ2v) is 9.41. The molecule has 2 N–H and O–H groups in total. The summed E-state index contributed by atoms with van der Waals surface area (Å²) in [5, 5.41) is 2.77. The predicted octanol–water partition coefficient (Wildman–Crippen LogP) is 4.97. The number of nitrogens with one attached hydrogen (secondary N) is 2. The van der Waals surface area contributed by atoms with Gasteiger partial charge in [0.15, 0.2) is 23.1 Å². The molecule has 1 aromatic heterocycles. The van der Waals surface area contributed by atoms with E-state index in [4.69, 9.17) is 14.2 Å². The molecule has 37 heavy (non-hydrogen) atoms. The molecule has 9 nitrogen and oxygen atoms in total. The first kappa shape index (κ1) is 25.6. The van der Waals surface area contributed by atoms with Crippen molar-refractivity contribution in [3.8, 4) is 23.0 Å². The molecule has 1 heterocycles. The van der Waals surface area contributed by atoms with Gasteiger partial charge in [0.25, 0.3) is 0 Å². The fraction of sp³-hybridized carbons (Fsp3) is 0.120. The lowest BCUT2D eigenvalue weighted by molar-refractivity contribution is 0.256. The molecule has 2 amide bonds. The summed E-state index contributed by atoms with van der Waals surface area (Å²) in [5.74, 6) is -1.24. The van der Waals surface area contributed by atoms with E-state index in [0.29, 0.717) is 28.2 Å². The molecule has 0 aliphatic heterocycles. The zero-order valence-electron chi connectivity index (χ0n) is 19.6. The Bertz CT molecular complexity index is 1580. The van der Waals surface area contributed by atoms with E-state index in [2.05, 4.69) is 10.3 Å². The molecule has 0 saturated heterocycles. The molecule has 0 bridgehead atoms. The number of amides is 2. The van der Waals surface area contributed by atoms with Gasteiger partial charge in [-0.05, 0) is 30.3 Å². The first-order valence-electron chi connectivity index (χ1n) is 10.7. The third-order valence-electron chi connectivity index (χ3n) is 5.17. The number of rotatable bonds is 8. The summed E-state index contributed by atoms with van der Waals surface area (Å²) in [4.78, 5) is 16.4. The Morgan fingerprint density at radius 2 is 1.62 bits per heavy atom. The lowest BCUT2D eigenvalue weighted by Gasteiger charge is -2.13. The minimum absolute atomic E-state index is 0.0329. The van der Waals surface area contributed by atoms with E-state index in [1.165, 1.54) is 50.7 Å².